The number of hydrogen-bond acceptors (Lipinski definition) is 4. The van der Waals surface area contributed by atoms with E-state index in [1.54, 1.807) is 0 Å². The van der Waals surface area contributed by atoms with Gasteiger partial charge in [-0.1, -0.05) is 0 Å². The molecular weight excluding hydrogens is 289 g/mol. The monoisotopic (exact) mass is 305 g/mol. The lowest BCUT2D eigenvalue weighted by Crippen LogP contribution is -2.35. The molecule has 0 fully saturated rings. The highest BCUT2D eigenvalue weighted by molar-refractivity contribution is 7.89. The second-order valence-corrected chi connectivity index (χ2v) is 6.24. The van der Waals surface area contributed by atoms with Crippen molar-refractivity contribution in [1.29, 1.82) is 0 Å². The summed E-state index contributed by atoms with van der Waals surface area (Å²) in [4.78, 5) is 10.0. The molecular formula is C12H16FNO5S. The van der Waals surface area contributed by atoms with E-state index in [2.05, 4.69) is 4.72 Å². The number of carboxylic acid groups (broad SMARTS) is 1. The van der Waals surface area contributed by atoms with Gasteiger partial charge in [-0.05, 0) is 38.5 Å². The van der Waals surface area contributed by atoms with Crippen LogP contribution in [-0.2, 0) is 10.0 Å². The molecule has 0 aliphatic carbocycles. The highest BCUT2D eigenvalue weighted by Gasteiger charge is 2.23. The van der Waals surface area contributed by atoms with Gasteiger partial charge in [0, 0.05) is 6.04 Å². The number of aliphatic hydroxyl groups is 1. The van der Waals surface area contributed by atoms with Crippen LogP contribution in [0.4, 0.5) is 4.39 Å². The average molecular weight is 305 g/mol. The molecule has 0 saturated heterocycles. The summed E-state index contributed by atoms with van der Waals surface area (Å²) in [6, 6.07) is 1.98. The first-order valence-electron chi connectivity index (χ1n) is 5.86. The topological polar surface area (TPSA) is 104 Å². The first kappa shape index (κ1) is 16.5. The second-order valence-electron chi connectivity index (χ2n) is 4.56. The number of halogens is 1. The summed E-state index contributed by atoms with van der Waals surface area (Å²) in [5.41, 5.74) is -0.335. The zero-order valence-corrected chi connectivity index (χ0v) is 11.8. The zero-order chi connectivity index (χ0) is 15.5. The molecule has 8 heteroatoms. The molecule has 6 nitrogen and oxygen atoms in total. The van der Waals surface area contributed by atoms with Gasteiger partial charge in [-0.2, -0.15) is 0 Å². The Morgan fingerprint density at radius 1 is 1.40 bits per heavy atom. The lowest BCUT2D eigenvalue weighted by Gasteiger charge is -2.16. The fourth-order valence-corrected chi connectivity index (χ4v) is 3.06. The summed E-state index contributed by atoms with van der Waals surface area (Å²) in [5.74, 6) is -2.48. The number of carboxylic acids is 1. The summed E-state index contributed by atoms with van der Waals surface area (Å²) >= 11 is 0. The van der Waals surface area contributed by atoms with Crippen molar-refractivity contribution in [2.75, 3.05) is 0 Å². The van der Waals surface area contributed by atoms with Crippen molar-refractivity contribution in [2.24, 2.45) is 0 Å². The number of rotatable bonds is 6. The quantitative estimate of drug-likeness (QED) is 0.726. The molecule has 0 saturated carbocycles. The minimum Gasteiger partial charge on any atom is -0.478 e. The predicted octanol–water partition coefficient (Wildman–Crippen LogP) is 0.962. The molecule has 0 aliphatic heterocycles. The highest BCUT2D eigenvalue weighted by Crippen LogP contribution is 2.17. The standard InChI is InChI=1S/C12H16FNO5S/c1-7(5-8(2)15)14-20(18,19)11-4-3-9(12(16)17)6-10(11)13/h3-4,6-8,14-15H,5H2,1-2H3,(H,16,17). The van der Waals surface area contributed by atoms with Crippen LogP contribution in [0.25, 0.3) is 0 Å². The minimum atomic E-state index is -4.11. The smallest absolute Gasteiger partial charge is 0.335 e. The van der Waals surface area contributed by atoms with Crippen LogP contribution in [0.2, 0.25) is 0 Å². The summed E-state index contributed by atoms with van der Waals surface area (Å²) in [6.45, 7) is 3.04. The van der Waals surface area contributed by atoms with Crippen molar-refractivity contribution in [3.8, 4) is 0 Å². The molecule has 0 amide bonds. The van der Waals surface area contributed by atoms with Gasteiger partial charge in [0.15, 0.2) is 0 Å². The van der Waals surface area contributed by atoms with Crippen LogP contribution in [0.1, 0.15) is 30.6 Å². The van der Waals surface area contributed by atoms with Gasteiger partial charge in [0.25, 0.3) is 0 Å². The Balaban J connectivity index is 3.01. The Kier molecular flexibility index (Phi) is 5.21. The van der Waals surface area contributed by atoms with Crippen LogP contribution in [0.3, 0.4) is 0 Å². The fraction of sp³-hybridized carbons (Fsp3) is 0.417. The maximum Gasteiger partial charge on any atom is 0.335 e. The highest BCUT2D eigenvalue weighted by atomic mass is 32.2. The largest absolute Gasteiger partial charge is 0.478 e. The molecule has 3 N–H and O–H groups in total. The molecule has 1 rings (SSSR count). The molecule has 20 heavy (non-hydrogen) atoms. The Hall–Kier alpha value is -1.51. The van der Waals surface area contributed by atoms with E-state index in [0.717, 1.165) is 12.1 Å². The molecule has 0 spiro atoms. The first-order chi connectivity index (χ1) is 9.13. The van der Waals surface area contributed by atoms with Crippen LogP contribution < -0.4 is 4.72 Å². The van der Waals surface area contributed by atoms with Gasteiger partial charge in [-0.3, -0.25) is 0 Å². The average Bonchev–Trinajstić information content (AvgIpc) is 2.25. The SMILES string of the molecule is CC(O)CC(C)NS(=O)(=O)c1ccc(C(=O)O)cc1F. The molecule has 1 aromatic rings. The molecule has 112 valence electrons. The maximum absolute atomic E-state index is 13.7. The third-order valence-corrected chi connectivity index (χ3v) is 4.14. The number of aromatic carboxylic acids is 1. The van der Waals surface area contributed by atoms with Gasteiger partial charge >= 0.3 is 5.97 Å². The molecule has 0 bridgehead atoms. The number of carbonyl (C=O) groups is 1. The number of sulfonamides is 1. The van der Waals surface area contributed by atoms with Crippen molar-refractivity contribution in [2.45, 2.75) is 37.3 Å². The summed E-state index contributed by atoms with van der Waals surface area (Å²) in [6.07, 6.45) is -0.527. The number of aliphatic hydroxyl groups excluding tert-OH is 1. The molecule has 1 aromatic carbocycles. The third kappa shape index (κ3) is 4.26. The number of nitrogens with one attached hydrogen (secondary N) is 1. The van der Waals surface area contributed by atoms with Crippen LogP contribution in [0.5, 0.6) is 0 Å². The van der Waals surface area contributed by atoms with E-state index >= 15 is 0 Å². The second kappa shape index (κ2) is 6.29. The van der Waals surface area contributed by atoms with E-state index in [-0.39, 0.29) is 12.0 Å². The van der Waals surface area contributed by atoms with E-state index in [1.807, 2.05) is 0 Å². The van der Waals surface area contributed by atoms with Gasteiger partial charge in [0.1, 0.15) is 10.7 Å². The van der Waals surface area contributed by atoms with Gasteiger partial charge in [0.05, 0.1) is 11.7 Å². The molecule has 2 unspecified atom stereocenters. The van der Waals surface area contributed by atoms with Crippen molar-refractivity contribution < 1.29 is 27.8 Å². The van der Waals surface area contributed by atoms with Gasteiger partial charge < -0.3 is 10.2 Å². The van der Waals surface area contributed by atoms with E-state index in [9.17, 15) is 17.6 Å². The van der Waals surface area contributed by atoms with E-state index in [0.29, 0.717) is 6.07 Å². The van der Waals surface area contributed by atoms with E-state index in [4.69, 9.17) is 10.2 Å². The summed E-state index contributed by atoms with van der Waals surface area (Å²) < 4.78 is 39.8. The molecule has 0 aliphatic rings. The summed E-state index contributed by atoms with van der Waals surface area (Å²) in [5, 5.41) is 17.9. The normalized spacial score (nSPS) is 14.8. The van der Waals surface area contributed by atoms with Crippen molar-refractivity contribution in [1.82, 2.24) is 4.72 Å². The van der Waals surface area contributed by atoms with Crippen LogP contribution in [0, 0.1) is 5.82 Å². The Bertz CT molecular complexity index is 600. The van der Waals surface area contributed by atoms with Crippen LogP contribution in [0.15, 0.2) is 23.1 Å². The Labute approximate surface area is 116 Å². The fourth-order valence-electron chi connectivity index (χ4n) is 1.74. The van der Waals surface area contributed by atoms with Crippen molar-refractivity contribution >= 4 is 16.0 Å². The molecule has 0 aromatic heterocycles. The lowest BCUT2D eigenvalue weighted by molar-refractivity contribution is 0.0696. The van der Waals surface area contributed by atoms with Crippen molar-refractivity contribution in [3.63, 3.8) is 0 Å². The van der Waals surface area contributed by atoms with E-state index < -0.39 is 38.9 Å². The zero-order valence-electron chi connectivity index (χ0n) is 11.0. The van der Waals surface area contributed by atoms with Gasteiger partial charge in [0.2, 0.25) is 10.0 Å². The number of hydrogen-bond donors (Lipinski definition) is 3. The molecule has 2 atom stereocenters. The van der Waals surface area contributed by atoms with Gasteiger partial charge in [-0.25, -0.2) is 22.3 Å². The predicted molar refractivity (Wildman–Crippen MR) is 69.4 cm³/mol. The van der Waals surface area contributed by atoms with Crippen LogP contribution >= 0.6 is 0 Å². The molecule has 0 heterocycles. The lowest BCUT2D eigenvalue weighted by atomic mass is 10.2. The van der Waals surface area contributed by atoms with E-state index in [1.165, 1.54) is 13.8 Å². The summed E-state index contributed by atoms with van der Waals surface area (Å²) in [7, 11) is -4.11. The van der Waals surface area contributed by atoms with Gasteiger partial charge in [-0.15, -0.1) is 0 Å². The maximum atomic E-state index is 13.7. The van der Waals surface area contributed by atoms with Crippen molar-refractivity contribution in [3.05, 3.63) is 29.6 Å². The van der Waals surface area contributed by atoms with Crippen LogP contribution in [-0.4, -0.2) is 36.7 Å². The first-order valence-corrected chi connectivity index (χ1v) is 7.35. The third-order valence-electron chi connectivity index (χ3n) is 2.52. The Morgan fingerprint density at radius 2 is 2.00 bits per heavy atom. The number of benzene rings is 1. The Morgan fingerprint density at radius 3 is 2.45 bits per heavy atom. The molecule has 0 radical (unpaired) electrons. The minimum absolute atomic E-state index is 0.175.